The zero-order chi connectivity index (χ0) is 21.5. The summed E-state index contributed by atoms with van der Waals surface area (Å²) in [6, 6.07) is 5.42. The average molecular weight is 445 g/mol. The van der Waals surface area contributed by atoms with Crippen molar-refractivity contribution in [1.29, 1.82) is 0 Å². The number of likely N-dealkylation sites (tertiary alicyclic amines) is 1. The van der Waals surface area contributed by atoms with Crippen LogP contribution in [0, 0.1) is 5.92 Å². The summed E-state index contributed by atoms with van der Waals surface area (Å²) in [6.07, 6.45) is 9.76. The third-order valence-corrected chi connectivity index (χ3v) is 9.88. The van der Waals surface area contributed by atoms with Crippen LogP contribution in [-0.2, 0) is 14.6 Å². The molecule has 0 bridgehead atoms. The third kappa shape index (κ3) is 3.66. The van der Waals surface area contributed by atoms with Gasteiger partial charge in [0.05, 0.1) is 11.7 Å². The van der Waals surface area contributed by atoms with Crippen molar-refractivity contribution in [2.75, 3.05) is 18.8 Å². The van der Waals surface area contributed by atoms with Crippen LogP contribution in [0.15, 0.2) is 28.9 Å². The van der Waals surface area contributed by atoms with Gasteiger partial charge in [-0.2, -0.15) is 4.98 Å². The highest BCUT2D eigenvalue weighted by molar-refractivity contribution is 7.93. The monoisotopic (exact) mass is 444 g/mol. The number of aromatic nitrogens is 3. The average Bonchev–Trinajstić information content (AvgIpc) is 3.34. The summed E-state index contributed by atoms with van der Waals surface area (Å²) in [4.78, 5) is 23.1. The highest BCUT2D eigenvalue weighted by Crippen LogP contribution is 2.49. The smallest absolute Gasteiger partial charge is 0.231 e. The van der Waals surface area contributed by atoms with Crippen LogP contribution in [0.2, 0.25) is 0 Å². The number of pyridine rings is 1. The zero-order valence-electron chi connectivity index (χ0n) is 17.6. The lowest BCUT2D eigenvalue weighted by molar-refractivity contribution is -0.137. The SMILES string of the molecule is O=C(CCC1CCCCC1)N1CC2(C1)C(c1nc(-c3ccccn3)no1)CCS2(=O)=O. The lowest BCUT2D eigenvalue weighted by atomic mass is 9.82. The first kappa shape index (κ1) is 20.6. The first-order chi connectivity index (χ1) is 15.0. The maximum atomic E-state index is 13.0. The van der Waals surface area contributed by atoms with Crippen LogP contribution >= 0.6 is 0 Å². The Morgan fingerprint density at radius 3 is 2.71 bits per heavy atom. The van der Waals surface area contributed by atoms with E-state index in [-0.39, 0.29) is 30.7 Å². The van der Waals surface area contributed by atoms with Gasteiger partial charge in [-0.25, -0.2) is 8.42 Å². The van der Waals surface area contributed by atoms with E-state index >= 15 is 0 Å². The normalized spacial score (nSPS) is 24.9. The summed E-state index contributed by atoms with van der Waals surface area (Å²) < 4.78 is 30.4. The highest BCUT2D eigenvalue weighted by Gasteiger charge is 2.64. The molecule has 2 aromatic rings. The number of hydrogen-bond donors (Lipinski definition) is 0. The predicted molar refractivity (Wildman–Crippen MR) is 114 cm³/mol. The molecule has 1 aliphatic carbocycles. The fourth-order valence-corrected chi connectivity index (χ4v) is 7.74. The van der Waals surface area contributed by atoms with Gasteiger partial charge < -0.3 is 9.42 Å². The molecule has 2 aliphatic heterocycles. The molecule has 4 heterocycles. The van der Waals surface area contributed by atoms with Gasteiger partial charge in [-0.1, -0.05) is 43.3 Å². The number of amides is 1. The summed E-state index contributed by atoms with van der Waals surface area (Å²) in [6.45, 7) is 0.454. The van der Waals surface area contributed by atoms with Gasteiger partial charge in [0.1, 0.15) is 10.4 Å². The van der Waals surface area contributed by atoms with Gasteiger partial charge in [-0.05, 0) is 30.9 Å². The Labute approximate surface area is 182 Å². The molecule has 8 nitrogen and oxygen atoms in total. The lowest BCUT2D eigenvalue weighted by Crippen LogP contribution is -2.67. The lowest BCUT2D eigenvalue weighted by Gasteiger charge is -2.49. The van der Waals surface area contributed by atoms with Crippen LogP contribution in [0.5, 0.6) is 0 Å². The zero-order valence-corrected chi connectivity index (χ0v) is 18.4. The van der Waals surface area contributed by atoms with E-state index in [0.717, 1.165) is 6.42 Å². The Balaban J connectivity index is 1.28. The maximum Gasteiger partial charge on any atom is 0.231 e. The van der Waals surface area contributed by atoms with E-state index in [4.69, 9.17) is 4.52 Å². The second-order valence-electron chi connectivity index (χ2n) is 9.19. The summed E-state index contributed by atoms with van der Waals surface area (Å²) in [5.74, 6) is 1.09. The number of rotatable bonds is 5. The minimum absolute atomic E-state index is 0.0664. The summed E-state index contributed by atoms with van der Waals surface area (Å²) in [5, 5.41) is 4.01. The summed E-state index contributed by atoms with van der Waals surface area (Å²) in [7, 11) is -3.34. The predicted octanol–water partition coefficient (Wildman–Crippen LogP) is 2.98. The van der Waals surface area contributed by atoms with Gasteiger partial charge in [-0.15, -0.1) is 0 Å². The van der Waals surface area contributed by atoms with Crippen molar-refractivity contribution in [2.24, 2.45) is 5.92 Å². The molecular formula is C22H28N4O4S. The quantitative estimate of drug-likeness (QED) is 0.698. The van der Waals surface area contributed by atoms with Gasteiger partial charge in [0.15, 0.2) is 9.84 Å². The first-order valence-corrected chi connectivity index (χ1v) is 12.9. The summed E-state index contributed by atoms with van der Waals surface area (Å²) in [5.41, 5.74) is 0.584. The number of sulfone groups is 1. The van der Waals surface area contributed by atoms with Crippen LogP contribution < -0.4 is 0 Å². The molecule has 31 heavy (non-hydrogen) atoms. The van der Waals surface area contributed by atoms with Crippen LogP contribution in [-0.4, -0.2) is 57.9 Å². The molecule has 2 aromatic heterocycles. The van der Waals surface area contributed by atoms with E-state index in [1.54, 1.807) is 23.2 Å². The van der Waals surface area contributed by atoms with Gasteiger partial charge in [-0.3, -0.25) is 9.78 Å². The van der Waals surface area contributed by atoms with Crippen molar-refractivity contribution >= 4 is 15.7 Å². The first-order valence-electron chi connectivity index (χ1n) is 11.2. The number of hydrogen-bond acceptors (Lipinski definition) is 7. The minimum Gasteiger partial charge on any atom is -0.339 e. The van der Waals surface area contributed by atoms with Crippen LogP contribution in [0.1, 0.15) is 63.2 Å². The fourth-order valence-electron chi connectivity index (χ4n) is 5.44. The van der Waals surface area contributed by atoms with Crippen LogP contribution in [0.4, 0.5) is 0 Å². The highest BCUT2D eigenvalue weighted by atomic mass is 32.2. The van der Waals surface area contributed by atoms with E-state index in [2.05, 4.69) is 15.1 Å². The molecule has 1 amide bonds. The molecule has 0 radical (unpaired) electrons. The number of carbonyl (C=O) groups is 1. The van der Waals surface area contributed by atoms with Crippen molar-refractivity contribution in [3.8, 4) is 11.5 Å². The molecule has 5 rings (SSSR count). The molecule has 3 aliphatic rings. The van der Waals surface area contributed by atoms with Gasteiger partial charge in [0, 0.05) is 25.7 Å². The fraction of sp³-hybridized carbons (Fsp3) is 0.636. The molecule has 1 unspecified atom stereocenters. The standard InChI is InChI=1S/C22H28N4O4S/c27-19(10-9-16-6-2-1-3-7-16)26-14-22(15-26)17(11-13-31(22,28)29)21-24-20(25-30-21)18-8-4-5-12-23-18/h4-5,8,12,16-17H,1-3,6-7,9-11,13-15H2. The molecule has 2 saturated heterocycles. The van der Waals surface area contributed by atoms with Crippen molar-refractivity contribution in [3.05, 3.63) is 30.3 Å². The summed E-state index contributed by atoms with van der Waals surface area (Å²) >= 11 is 0. The molecule has 9 heteroatoms. The molecule has 166 valence electrons. The van der Waals surface area contributed by atoms with E-state index in [0.29, 0.717) is 36.2 Å². The Morgan fingerprint density at radius 1 is 1.16 bits per heavy atom. The van der Waals surface area contributed by atoms with Gasteiger partial charge in [0.25, 0.3) is 0 Å². The Hall–Kier alpha value is -2.29. The van der Waals surface area contributed by atoms with Crippen LogP contribution in [0.25, 0.3) is 11.5 Å². The van der Waals surface area contributed by atoms with E-state index in [9.17, 15) is 13.2 Å². The second-order valence-corrected chi connectivity index (χ2v) is 11.6. The minimum atomic E-state index is -3.34. The molecule has 0 aromatic carbocycles. The largest absolute Gasteiger partial charge is 0.339 e. The van der Waals surface area contributed by atoms with Crippen LogP contribution in [0.3, 0.4) is 0 Å². The second kappa shape index (κ2) is 8.00. The Bertz CT molecular complexity index is 1040. The van der Waals surface area contributed by atoms with Gasteiger partial charge in [0.2, 0.25) is 17.6 Å². The van der Waals surface area contributed by atoms with Crippen molar-refractivity contribution in [2.45, 2.75) is 62.0 Å². The van der Waals surface area contributed by atoms with Crippen molar-refractivity contribution in [3.63, 3.8) is 0 Å². The van der Waals surface area contributed by atoms with Gasteiger partial charge >= 0.3 is 0 Å². The molecule has 1 spiro atoms. The molecule has 1 atom stereocenters. The van der Waals surface area contributed by atoms with Crippen molar-refractivity contribution in [1.82, 2.24) is 20.0 Å². The molecule has 0 N–H and O–H groups in total. The molecular weight excluding hydrogens is 416 g/mol. The van der Waals surface area contributed by atoms with Crippen molar-refractivity contribution < 1.29 is 17.7 Å². The number of nitrogens with zero attached hydrogens (tertiary/aromatic N) is 4. The third-order valence-electron chi connectivity index (χ3n) is 7.32. The maximum absolute atomic E-state index is 13.0. The van der Waals surface area contributed by atoms with E-state index < -0.39 is 14.6 Å². The Morgan fingerprint density at radius 2 is 1.97 bits per heavy atom. The molecule has 1 saturated carbocycles. The van der Waals surface area contributed by atoms with E-state index in [1.807, 2.05) is 6.07 Å². The number of carbonyl (C=O) groups excluding carboxylic acids is 1. The molecule has 3 fully saturated rings. The Kier molecular flexibility index (Phi) is 5.32. The van der Waals surface area contributed by atoms with E-state index in [1.165, 1.54) is 32.1 Å². The topological polar surface area (TPSA) is 106 Å².